The number of nitrogens with one attached hydrogen (secondary N) is 1. The lowest BCUT2D eigenvalue weighted by molar-refractivity contribution is -0.142. The largest absolute Gasteiger partial charge is 0.481 e. The van der Waals surface area contributed by atoms with Gasteiger partial charge in [0.2, 0.25) is 0 Å². The quantitative estimate of drug-likeness (QED) is 0.831. The number of urea groups is 1. The normalized spacial score (nSPS) is 29.1. The van der Waals surface area contributed by atoms with E-state index in [-0.39, 0.29) is 29.4 Å². The molecule has 114 valence electrons. The third-order valence-corrected chi connectivity index (χ3v) is 5.35. The molecule has 0 radical (unpaired) electrons. The van der Waals surface area contributed by atoms with Crippen LogP contribution in [0.3, 0.4) is 0 Å². The van der Waals surface area contributed by atoms with Gasteiger partial charge in [0.25, 0.3) is 0 Å². The molecule has 3 atom stereocenters. The molecule has 5 heteroatoms. The first-order chi connectivity index (χ1) is 9.24. The van der Waals surface area contributed by atoms with Gasteiger partial charge < -0.3 is 15.3 Å². The molecular formula is C15H26N2O3. The maximum atomic E-state index is 12.4. The van der Waals surface area contributed by atoms with Crippen molar-refractivity contribution in [3.63, 3.8) is 0 Å². The van der Waals surface area contributed by atoms with Crippen LogP contribution in [0.25, 0.3) is 0 Å². The third kappa shape index (κ3) is 2.63. The minimum absolute atomic E-state index is 0.0423. The van der Waals surface area contributed by atoms with Crippen molar-refractivity contribution in [1.29, 1.82) is 0 Å². The third-order valence-electron chi connectivity index (χ3n) is 5.35. The van der Waals surface area contributed by atoms with Crippen molar-refractivity contribution < 1.29 is 14.7 Å². The van der Waals surface area contributed by atoms with Gasteiger partial charge >= 0.3 is 12.0 Å². The predicted octanol–water partition coefficient (Wildman–Crippen LogP) is 2.32. The van der Waals surface area contributed by atoms with Crippen molar-refractivity contribution in [3.8, 4) is 0 Å². The molecule has 2 amide bonds. The average Bonchev–Trinajstić information content (AvgIpc) is 2.93. The summed E-state index contributed by atoms with van der Waals surface area (Å²) in [7, 11) is 0. The standard InChI is InChI=1S/C15H26N2O3/c1-9(2)15(3,4)8-16-14(20)17-10-5-6-12(17)11(7-10)13(18)19/h9-12H,5-8H2,1-4H3,(H,16,20)(H,18,19). The molecule has 2 aliphatic heterocycles. The number of carbonyl (C=O) groups is 2. The first-order valence-electron chi connectivity index (χ1n) is 7.53. The SMILES string of the molecule is CC(C)C(C)(C)CNC(=O)N1C2CCC1C(C(=O)O)C2. The Bertz CT molecular complexity index is 406. The Morgan fingerprint density at radius 1 is 1.35 bits per heavy atom. The monoisotopic (exact) mass is 282 g/mol. The second kappa shape index (κ2) is 5.26. The van der Waals surface area contributed by atoms with Gasteiger partial charge in [0.15, 0.2) is 0 Å². The van der Waals surface area contributed by atoms with Crippen LogP contribution in [-0.4, -0.2) is 40.6 Å². The fourth-order valence-corrected chi connectivity index (χ4v) is 3.17. The Hall–Kier alpha value is -1.26. The van der Waals surface area contributed by atoms with Crippen molar-refractivity contribution in [1.82, 2.24) is 10.2 Å². The van der Waals surface area contributed by atoms with Crippen LogP contribution in [0.15, 0.2) is 0 Å². The molecule has 0 aromatic heterocycles. The van der Waals surface area contributed by atoms with E-state index >= 15 is 0 Å². The average molecular weight is 282 g/mol. The molecule has 2 heterocycles. The van der Waals surface area contributed by atoms with Gasteiger partial charge in [0.1, 0.15) is 0 Å². The summed E-state index contributed by atoms with van der Waals surface area (Å²) in [5.74, 6) is -0.667. The second-order valence-corrected chi connectivity index (χ2v) is 7.19. The van der Waals surface area contributed by atoms with Gasteiger partial charge in [-0.25, -0.2) is 4.79 Å². The van der Waals surface area contributed by atoms with E-state index in [1.165, 1.54) is 0 Å². The number of hydrogen-bond donors (Lipinski definition) is 2. The molecule has 2 rings (SSSR count). The molecule has 2 bridgehead atoms. The van der Waals surface area contributed by atoms with E-state index in [1.54, 1.807) is 4.90 Å². The molecule has 0 spiro atoms. The first-order valence-corrected chi connectivity index (χ1v) is 7.53. The van der Waals surface area contributed by atoms with Gasteiger partial charge in [-0.05, 0) is 30.6 Å². The van der Waals surface area contributed by atoms with E-state index < -0.39 is 5.97 Å². The molecule has 5 nitrogen and oxygen atoms in total. The Kier molecular flexibility index (Phi) is 3.98. The fraction of sp³-hybridized carbons (Fsp3) is 0.867. The molecule has 2 N–H and O–H groups in total. The molecule has 0 aromatic carbocycles. The predicted molar refractivity (Wildman–Crippen MR) is 76.4 cm³/mol. The first kappa shape index (κ1) is 15.1. The topological polar surface area (TPSA) is 69.6 Å². The molecule has 2 saturated heterocycles. The number of nitrogens with zero attached hydrogens (tertiary/aromatic N) is 1. The lowest BCUT2D eigenvalue weighted by atomic mass is 9.81. The van der Waals surface area contributed by atoms with E-state index in [9.17, 15) is 14.7 Å². The number of carboxylic acids is 1. The van der Waals surface area contributed by atoms with Crippen LogP contribution in [-0.2, 0) is 4.79 Å². The highest BCUT2D eigenvalue weighted by Crippen LogP contribution is 2.41. The summed E-state index contributed by atoms with van der Waals surface area (Å²) in [4.78, 5) is 25.4. The summed E-state index contributed by atoms with van der Waals surface area (Å²) in [5, 5.41) is 12.2. The number of hydrogen-bond acceptors (Lipinski definition) is 2. The summed E-state index contributed by atoms with van der Waals surface area (Å²) in [6.45, 7) is 9.18. The summed E-state index contributed by atoms with van der Waals surface area (Å²) >= 11 is 0. The van der Waals surface area contributed by atoms with Crippen molar-refractivity contribution in [3.05, 3.63) is 0 Å². The van der Waals surface area contributed by atoms with E-state index in [1.807, 2.05) is 0 Å². The van der Waals surface area contributed by atoms with Crippen molar-refractivity contribution in [2.75, 3.05) is 6.54 Å². The number of rotatable bonds is 4. The molecular weight excluding hydrogens is 256 g/mol. The van der Waals surface area contributed by atoms with Gasteiger partial charge in [-0.3, -0.25) is 4.79 Å². The molecule has 0 aliphatic carbocycles. The summed E-state index contributed by atoms with van der Waals surface area (Å²) in [6.07, 6.45) is 2.37. The van der Waals surface area contributed by atoms with Crippen molar-refractivity contribution in [2.24, 2.45) is 17.3 Å². The molecule has 3 unspecified atom stereocenters. The lowest BCUT2D eigenvalue weighted by Crippen LogP contribution is -2.47. The Labute approximate surface area is 120 Å². The van der Waals surface area contributed by atoms with Crippen molar-refractivity contribution >= 4 is 12.0 Å². The van der Waals surface area contributed by atoms with Crippen LogP contribution in [0, 0.1) is 17.3 Å². The highest BCUT2D eigenvalue weighted by Gasteiger charge is 2.51. The van der Waals surface area contributed by atoms with Gasteiger partial charge in [0, 0.05) is 18.6 Å². The zero-order valence-corrected chi connectivity index (χ0v) is 12.8. The summed E-state index contributed by atoms with van der Waals surface area (Å²) in [6, 6.07) is -0.0853. The molecule has 2 aliphatic rings. The number of aliphatic carboxylic acids is 1. The van der Waals surface area contributed by atoms with Crippen LogP contribution < -0.4 is 5.32 Å². The van der Waals surface area contributed by atoms with Crippen LogP contribution in [0.2, 0.25) is 0 Å². The lowest BCUT2D eigenvalue weighted by Gasteiger charge is -2.31. The van der Waals surface area contributed by atoms with E-state index in [4.69, 9.17) is 0 Å². The summed E-state index contributed by atoms with van der Waals surface area (Å²) < 4.78 is 0. The van der Waals surface area contributed by atoms with Gasteiger partial charge in [0.05, 0.1) is 5.92 Å². The zero-order valence-electron chi connectivity index (χ0n) is 12.8. The molecule has 0 saturated carbocycles. The minimum Gasteiger partial charge on any atom is -0.481 e. The minimum atomic E-state index is -0.766. The van der Waals surface area contributed by atoms with Crippen LogP contribution in [0.5, 0.6) is 0 Å². The number of fused-ring (bicyclic) bond motifs is 2. The maximum Gasteiger partial charge on any atom is 0.317 e. The highest BCUT2D eigenvalue weighted by molar-refractivity contribution is 5.79. The zero-order chi connectivity index (χ0) is 15.1. The maximum absolute atomic E-state index is 12.4. The number of carboxylic acid groups (broad SMARTS) is 1. The summed E-state index contributed by atoms with van der Waals surface area (Å²) in [5.41, 5.74) is 0.0423. The molecule has 0 aromatic rings. The van der Waals surface area contributed by atoms with Crippen LogP contribution >= 0.6 is 0 Å². The van der Waals surface area contributed by atoms with Gasteiger partial charge in [-0.15, -0.1) is 0 Å². The van der Waals surface area contributed by atoms with Gasteiger partial charge in [-0.1, -0.05) is 27.7 Å². The Morgan fingerprint density at radius 2 is 2.00 bits per heavy atom. The molecule has 2 fully saturated rings. The van der Waals surface area contributed by atoms with Gasteiger partial charge in [-0.2, -0.15) is 0 Å². The van der Waals surface area contributed by atoms with E-state index in [0.717, 1.165) is 12.8 Å². The number of carbonyl (C=O) groups excluding carboxylic acids is 1. The Morgan fingerprint density at radius 3 is 2.50 bits per heavy atom. The van der Waals surface area contributed by atoms with Crippen LogP contribution in [0.1, 0.15) is 47.0 Å². The molecule has 20 heavy (non-hydrogen) atoms. The van der Waals surface area contributed by atoms with E-state index in [0.29, 0.717) is 18.9 Å². The second-order valence-electron chi connectivity index (χ2n) is 7.19. The highest BCUT2D eigenvalue weighted by atomic mass is 16.4. The number of amides is 2. The fourth-order valence-electron chi connectivity index (χ4n) is 3.17. The van der Waals surface area contributed by atoms with Crippen molar-refractivity contribution in [2.45, 2.75) is 59.0 Å². The van der Waals surface area contributed by atoms with E-state index in [2.05, 4.69) is 33.0 Å². The van der Waals surface area contributed by atoms with Crippen LogP contribution in [0.4, 0.5) is 4.79 Å². The Balaban J connectivity index is 1.96. The smallest absolute Gasteiger partial charge is 0.317 e.